The summed E-state index contributed by atoms with van der Waals surface area (Å²) < 4.78 is 0. The van der Waals surface area contributed by atoms with Gasteiger partial charge < -0.3 is 20.4 Å². The number of anilines is 1. The first-order chi connectivity index (χ1) is 14.6. The van der Waals surface area contributed by atoms with Crippen molar-refractivity contribution >= 4 is 23.5 Å². The number of hydrogen-bond acceptors (Lipinski definition) is 3. The van der Waals surface area contributed by atoms with E-state index in [1.54, 1.807) is 0 Å². The maximum atomic E-state index is 12.0. The van der Waals surface area contributed by atoms with E-state index in [0.717, 1.165) is 69.1 Å². The molecule has 2 N–H and O–H groups in total. The molecule has 2 fully saturated rings. The number of carbonyl (C=O) groups is 2. The van der Waals surface area contributed by atoms with Gasteiger partial charge in [0.2, 0.25) is 11.8 Å². The molecule has 164 valence electrons. The molecule has 0 aliphatic carbocycles. The van der Waals surface area contributed by atoms with Crippen molar-refractivity contribution in [1.29, 1.82) is 0 Å². The minimum Gasteiger partial charge on any atom is -0.357 e. The zero-order valence-corrected chi connectivity index (χ0v) is 18.3. The van der Waals surface area contributed by atoms with Crippen molar-refractivity contribution in [2.45, 2.75) is 65.0 Å². The lowest BCUT2D eigenvalue weighted by atomic mass is 10.1. The van der Waals surface area contributed by atoms with Crippen LogP contribution in [0.15, 0.2) is 29.3 Å². The van der Waals surface area contributed by atoms with Gasteiger partial charge in [0.1, 0.15) is 0 Å². The minimum absolute atomic E-state index is 0.209. The number of carbonyl (C=O) groups excluding carboxylic acids is 2. The normalized spacial score (nSPS) is 18.3. The Morgan fingerprint density at radius 2 is 1.77 bits per heavy atom. The molecular weight excluding hydrogens is 378 g/mol. The monoisotopic (exact) mass is 413 g/mol. The maximum absolute atomic E-state index is 12.0. The number of aliphatic imine (C=N–C) groups is 1. The van der Waals surface area contributed by atoms with Crippen molar-refractivity contribution < 1.29 is 9.59 Å². The van der Waals surface area contributed by atoms with E-state index in [1.807, 2.05) is 34.1 Å². The van der Waals surface area contributed by atoms with Gasteiger partial charge in [-0.2, -0.15) is 0 Å². The molecule has 0 aromatic heterocycles. The predicted octanol–water partition coefficient (Wildman–Crippen LogP) is 2.66. The molecule has 2 saturated heterocycles. The fraction of sp³-hybridized carbons (Fsp3) is 0.609. The van der Waals surface area contributed by atoms with Crippen molar-refractivity contribution in [3.63, 3.8) is 0 Å². The summed E-state index contributed by atoms with van der Waals surface area (Å²) in [4.78, 5) is 32.5. The summed E-state index contributed by atoms with van der Waals surface area (Å²) in [7, 11) is 0. The molecule has 0 bridgehead atoms. The van der Waals surface area contributed by atoms with Crippen LogP contribution in [0, 0.1) is 0 Å². The van der Waals surface area contributed by atoms with Crippen LogP contribution >= 0.6 is 0 Å². The molecule has 0 saturated carbocycles. The maximum Gasteiger partial charge on any atom is 0.227 e. The van der Waals surface area contributed by atoms with Gasteiger partial charge in [0.05, 0.1) is 6.54 Å². The summed E-state index contributed by atoms with van der Waals surface area (Å²) in [6.45, 7) is 8.06. The Labute approximate surface area is 179 Å². The standard InChI is InChI=1S/C23H35N5O2/c1-3-19(27-15-5-7-21(27)29)13-14-25-23(24-4-2)26-17-18-9-11-20(12-10-18)28-16-6-8-22(28)30/h9-12,19H,3-8,13-17H2,1-2H3,(H2,24,25,26). The lowest BCUT2D eigenvalue weighted by Gasteiger charge is -2.27. The Bertz CT molecular complexity index is 746. The second-order valence-electron chi connectivity index (χ2n) is 7.98. The topological polar surface area (TPSA) is 77.0 Å². The van der Waals surface area contributed by atoms with Crippen molar-refractivity contribution in [2.24, 2.45) is 4.99 Å². The van der Waals surface area contributed by atoms with Crippen molar-refractivity contribution in [2.75, 3.05) is 31.1 Å². The molecule has 2 heterocycles. The van der Waals surface area contributed by atoms with Gasteiger partial charge in [-0.3, -0.25) is 9.59 Å². The molecule has 1 unspecified atom stereocenters. The van der Waals surface area contributed by atoms with Gasteiger partial charge in [0, 0.05) is 50.7 Å². The Hall–Kier alpha value is -2.57. The zero-order chi connectivity index (χ0) is 21.3. The number of amides is 2. The van der Waals surface area contributed by atoms with Gasteiger partial charge in [0.15, 0.2) is 5.96 Å². The van der Waals surface area contributed by atoms with Crippen molar-refractivity contribution in [1.82, 2.24) is 15.5 Å². The number of nitrogens with one attached hydrogen (secondary N) is 2. The molecule has 2 amide bonds. The number of benzene rings is 1. The summed E-state index contributed by atoms with van der Waals surface area (Å²) >= 11 is 0. The van der Waals surface area contributed by atoms with E-state index in [9.17, 15) is 9.59 Å². The van der Waals surface area contributed by atoms with Crippen LogP contribution in [0.1, 0.15) is 57.9 Å². The molecule has 7 heteroatoms. The van der Waals surface area contributed by atoms with Crippen molar-refractivity contribution in [3.05, 3.63) is 29.8 Å². The quantitative estimate of drug-likeness (QED) is 0.482. The van der Waals surface area contributed by atoms with Crippen LogP contribution in [0.5, 0.6) is 0 Å². The average Bonchev–Trinajstić information content (AvgIpc) is 3.38. The summed E-state index contributed by atoms with van der Waals surface area (Å²) in [6.07, 6.45) is 5.16. The van der Waals surface area contributed by atoms with Gasteiger partial charge >= 0.3 is 0 Å². The Kier molecular flexibility index (Phi) is 8.11. The third-order valence-corrected chi connectivity index (χ3v) is 5.88. The summed E-state index contributed by atoms with van der Waals surface area (Å²) in [5.41, 5.74) is 2.08. The second kappa shape index (κ2) is 11.0. The van der Waals surface area contributed by atoms with Crippen LogP contribution in [0.25, 0.3) is 0 Å². The van der Waals surface area contributed by atoms with Gasteiger partial charge in [0.25, 0.3) is 0 Å². The molecule has 30 heavy (non-hydrogen) atoms. The molecule has 0 spiro atoms. The van der Waals surface area contributed by atoms with Crippen LogP contribution < -0.4 is 15.5 Å². The van der Waals surface area contributed by atoms with Crippen molar-refractivity contribution in [3.8, 4) is 0 Å². The van der Waals surface area contributed by atoms with Gasteiger partial charge in [-0.1, -0.05) is 19.1 Å². The Balaban J connectivity index is 1.51. The van der Waals surface area contributed by atoms with E-state index in [-0.39, 0.29) is 5.91 Å². The number of nitrogens with zero attached hydrogens (tertiary/aromatic N) is 3. The van der Waals surface area contributed by atoms with Gasteiger partial charge in [-0.15, -0.1) is 0 Å². The number of rotatable bonds is 9. The SMILES string of the molecule is CCNC(=NCc1ccc(N2CCCC2=O)cc1)NCCC(CC)N1CCCC1=O. The average molecular weight is 414 g/mol. The van der Waals surface area contributed by atoms with E-state index in [2.05, 4.69) is 24.5 Å². The molecular formula is C23H35N5O2. The molecule has 1 aromatic carbocycles. The lowest BCUT2D eigenvalue weighted by Crippen LogP contribution is -2.42. The van der Waals surface area contributed by atoms with E-state index < -0.39 is 0 Å². The third-order valence-electron chi connectivity index (χ3n) is 5.88. The van der Waals surface area contributed by atoms with Crippen LogP contribution in [-0.4, -0.2) is 54.9 Å². The molecule has 3 rings (SSSR count). The molecule has 1 aromatic rings. The first-order valence-corrected chi connectivity index (χ1v) is 11.3. The molecule has 1 atom stereocenters. The summed E-state index contributed by atoms with van der Waals surface area (Å²) in [6, 6.07) is 8.40. The smallest absolute Gasteiger partial charge is 0.227 e. The first-order valence-electron chi connectivity index (χ1n) is 11.3. The largest absolute Gasteiger partial charge is 0.357 e. The van der Waals surface area contributed by atoms with E-state index >= 15 is 0 Å². The minimum atomic E-state index is 0.209. The first kappa shape index (κ1) is 22.1. The highest BCUT2D eigenvalue weighted by Gasteiger charge is 2.26. The zero-order valence-electron chi connectivity index (χ0n) is 18.3. The second-order valence-corrected chi connectivity index (χ2v) is 7.98. The third kappa shape index (κ3) is 5.74. The highest BCUT2D eigenvalue weighted by atomic mass is 16.2. The van der Waals surface area contributed by atoms with Crippen LogP contribution in [0.3, 0.4) is 0 Å². The lowest BCUT2D eigenvalue weighted by molar-refractivity contribution is -0.129. The molecule has 2 aliphatic heterocycles. The highest BCUT2D eigenvalue weighted by molar-refractivity contribution is 5.95. The fourth-order valence-corrected chi connectivity index (χ4v) is 4.21. The summed E-state index contributed by atoms with van der Waals surface area (Å²) in [5.74, 6) is 1.29. The van der Waals surface area contributed by atoms with E-state index in [1.165, 1.54) is 0 Å². The fourth-order valence-electron chi connectivity index (χ4n) is 4.21. The molecule has 2 aliphatic rings. The van der Waals surface area contributed by atoms with Crippen LogP contribution in [0.2, 0.25) is 0 Å². The van der Waals surface area contributed by atoms with Gasteiger partial charge in [-0.25, -0.2) is 4.99 Å². The molecule has 7 nitrogen and oxygen atoms in total. The van der Waals surface area contributed by atoms with Crippen LogP contribution in [0.4, 0.5) is 5.69 Å². The molecule has 0 radical (unpaired) electrons. The van der Waals surface area contributed by atoms with Crippen LogP contribution in [-0.2, 0) is 16.1 Å². The predicted molar refractivity (Wildman–Crippen MR) is 120 cm³/mol. The highest BCUT2D eigenvalue weighted by Crippen LogP contribution is 2.22. The summed E-state index contributed by atoms with van der Waals surface area (Å²) in [5, 5.41) is 6.69. The Morgan fingerprint density at radius 3 is 2.37 bits per heavy atom. The van der Waals surface area contributed by atoms with E-state index in [4.69, 9.17) is 4.99 Å². The van der Waals surface area contributed by atoms with E-state index in [0.29, 0.717) is 31.3 Å². The Morgan fingerprint density at radius 1 is 1.03 bits per heavy atom. The number of likely N-dealkylation sites (tertiary alicyclic amines) is 1. The van der Waals surface area contributed by atoms with Gasteiger partial charge in [-0.05, 0) is 50.3 Å². The number of hydrogen-bond donors (Lipinski definition) is 2. The number of guanidine groups is 1.